The second kappa shape index (κ2) is 8.64. The van der Waals surface area contributed by atoms with Crippen LogP contribution in [0.15, 0.2) is 12.1 Å². The van der Waals surface area contributed by atoms with Crippen LogP contribution in [0.25, 0.3) is 9.75 Å². The summed E-state index contributed by atoms with van der Waals surface area (Å²) < 4.78 is 24.1. The number of hydrogen-bond donors (Lipinski definition) is 0. The molecule has 8 heteroatoms. The fraction of sp³-hybridized carbons (Fsp3) is 0.500. The molecule has 2 aromatic rings. The van der Waals surface area contributed by atoms with Crippen molar-refractivity contribution in [3.8, 4) is 9.75 Å². The summed E-state index contributed by atoms with van der Waals surface area (Å²) in [7, 11) is 0. The van der Waals surface area contributed by atoms with Gasteiger partial charge in [0, 0.05) is 65.4 Å². The largest absolute Gasteiger partial charge is 0.350 e. The van der Waals surface area contributed by atoms with Crippen molar-refractivity contribution in [1.29, 1.82) is 0 Å². The van der Waals surface area contributed by atoms with E-state index in [0.29, 0.717) is 26.4 Å². The Balaban J connectivity index is 0.000000504. The second-order valence-corrected chi connectivity index (χ2v) is 6.54. The summed E-state index contributed by atoms with van der Waals surface area (Å²) in [5, 5.41) is 6.38. The van der Waals surface area contributed by atoms with Crippen LogP contribution < -0.4 is 0 Å². The third-order valence-electron chi connectivity index (χ3n) is 3.95. The number of rotatable bonds is 0. The molecule has 2 aliphatic heterocycles. The first kappa shape index (κ1) is 21.7. The van der Waals surface area contributed by atoms with Gasteiger partial charge < -0.3 is 41.6 Å². The van der Waals surface area contributed by atoms with Gasteiger partial charge in [0.2, 0.25) is 0 Å². The number of ether oxygens (including phenoxy) is 4. The molecule has 2 aromatic heterocycles. The zero-order valence-electron chi connectivity index (χ0n) is 13.6. The maximum absolute atomic E-state index is 6.04. The van der Waals surface area contributed by atoms with Crippen molar-refractivity contribution >= 4 is 22.7 Å². The van der Waals surface area contributed by atoms with Crippen LogP contribution in [0.1, 0.15) is 25.0 Å². The van der Waals surface area contributed by atoms with Crippen molar-refractivity contribution in [1.82, 2.24) is 0 Å². The van der Waals surface area contributed by atoms with Gasteiger partial charge in [-0.05, 0) is 0 Å². The van der Waals surface area contributed by atoms with Crippen molar-refractivity contribution in [3.05, 3.63) is 34.0 Å². The first-order chi connectivity index (χ1) is 10.9. The molecule has 0 aromatic carbocycles. The SMILES string of the molecule is CC.[Y].[Y].[c-]1cc2c(s1)-c1s[c-]cc1C1(OCCO1)C21OCCO1. The monoisotopic (exact) mass is 514 g/mol. The number of thiophene rings is 2. The van der Waals surface area contributed by atoms with Crippen molar-refractivity contribution in [2.24, 2.45) is 0 Å². The van der Waals surface area contributed by atoms with Crippen LogP contribution in [0.2, 0.25) is 0 Å². The van der Waals surface area contributed by atoms with E-state index in [9.17, 15) is 0 Å². The van der Waals surface area contributed by atoms with Gasteiger partial charge in [-0.2, -0.15) is 21.9 Å². The minimum Gasteiger partial charge on any atom is -0.350 e. The molecule has 2 fully saturated rings. The third-order valence-corrected chi connectivity index (χ3v) is 5.81. The van der Waals surface area contributed by atoms with E-state index in [1.807, 2.05) is 26.0 Å². The summed E-state index contributed by atoms with van der Waals surface area (Å²) in [4.78, 5) is 2.25. The van der Waals surface area contributed by atoms with Gasteiger partial charge in [-0.3, -0.25) is 0 Å². The second-order valence-electron chi connectivity index (χ2n) is 4.84. The Morgan fingerprint density at radius 2 is 1.08 bits per heavy atom. The Kier molecular flexibility index (Phi) is 7.83. The van der Waals surface area contributed by atoms with Crippen LogP contribution in [-0.4, -0.2) is 26.4 Å². The maximum Gasteiger partial charge on any atom is 0.185 e. The summed E-state index contributed by atoms with van der Waals surface area (Å²) in [5.41, 5.74) is 1.93. The molecule has 2 spiro atoms. The zero-order chi connectivity index (χ0) is 15.2. The Labute approximate surface area is 200 Å². The molecule has 0 bridgehead atoms. The molecule has 4 heterocycles. The first-order valence-corrected chi connectivity index (χ1v) is 9.08. The molecule has 2 saturated heterocycles. The van der Waals surface area contributed by atoms with Gasteiger partial charge in [0.1, 0.15) is 0 Å². The Hall–Kier alpha value is 1.45. The summed E-state index contributed by atoms with van der Waals surface area (Å²) in [5.74, 6) is -2.01. The molecule has 3 aliphatic rings. The van der Waals surface area contributed by atoms with E-state index in [-0.39, 0.29) is 65.4 Å². The van der Waals surface area contributed by atoms with E-state index in [1.165, 1.54) is 0 Å². The topological polar surface area (TPSA) is 36.9 Å². The van der Waals surface area contributed by atoms with Crippen LogP contribution in [0, 0.1) is 10.8 Å². The molecule has 0 unspecified atom stereocenters. The quantitative estimate of drug-likeness (QED) is 0.505. The summed E-state index contributed by atoms with van der Waals surface area (Å²) in [6.07, 6.45) is 0. The number of fused-ring (bicyclic) bond motifs is 6. The minimum absolute atomic E-state index is 0. The Morgan fingerprint density at radius 3 is 1.42 bits per heavy atom. The molecular formula is C16H16O4S2Y2-2. The predicted molar refractivity (Wildman–Crippen MR) is 83.8 cm³/mol. The summed E-state index contributed by atoms with van der Waals surface area (Å²) in [6.45, 7) is 6.14. The normalized spacial score (nSPS) is 21.2. The molecule has 4 nitrogen and oxygen atoms in total. The van der Waals surface area contributed by atoms with Crippen molar-refractivity contribution in [2.75, 3.05) is 26.4 Å². The van der Waals surface area contributed by atoms with Gasteiger partial charge in [-0.25, -0.2) is 0 Å². The molecule has 0 saturated carbocycles. The number of hydrogen-bond acceptors (Lipinski definition) is 6. The van der Waals surface area contributed by atoms with Gasteiger partial charge >= 0.3 is 0 Å². The fourth-order valence-corrected chi connectivity index (χ4v) is 5.08. The van der Waals surface area contributed by atoms with Crippen LogP contribution >= 0.6 is 22.7 Å². The molecule has 124 valence electrons. The van der Waals surface area contributed by atoms with Crippen molar-refractivity contribution in [3.63, 3.8) is 0 Å². The molecule has 1 aliphatic carbocycles. The molecule has 5 rings (SSSR count). The van der Waals surface area contributed by atoms with Gasteiger partial charge in [-0.15, -0.1) is 21.9 Å². The van der Waals surface area contributed by atoms with E-state index >= 15 is 0 Å². The zero-order valence-corrected chi connectivity index (χ0v) is 20.9. The predicted octanol–water partition coefficient (Wildman–Crippen LogP) is 3.51. The van der Waals surface area contributed by atoms with E-state index in [4.69, 9.17) is 18.9 Å². The summed E-state index contributed by atoms with van der Waals surface area (Å²) in [6, 6.07) is 3.86. The molecule has 0 amide bonds. The minimum atomic E-state index is -1.00. The molecule has 24 heavy (non-hydrogen) atoms. The van der Waals surface area contributed by atoms with Crippen molar-refractivity contribution in [2.45, 2.75) is 25.4 Å². The average molecular weight is 514 g/mol. The fourth-order valence-electron chi connectivity index (χ4n) is 3.23. The molecule has 0 N–H and O–H groups in total. The summed E-state index contributed by atoms with van der Waals surface area (Å²) >= 11 is 3.14. The van der Waals surface area contributed by atoms with Crippen molar-refractivity contribution < 1.29 is 84.4 Å². The van der Waals surface area contributed by atoms with E-state index in [0.717, 1.165) is 20.9 Å². The van der Waals surface area contributed by atoms with Crippen LogP contribution in [0.5, 0.6) is 0 Å². The van der Waals surface area contributed by atoms with E-state index < -0.39 is 11.6 Å². The van der Waals surface area contributed by atoms with E-state index in [2.05, 4.69) is 10.8 Å². The average Bonchev–Trinajstić information content (AvgIpc) is 3.32. The smallest absolute Gasteiger partial charge is 0.185 e. The molecule has 2 radical (unpaired) electrons. The van der Waals surface area contributed by atoms with Gasteiger partial charge in [0.05, 0.1) is 26.4 Å². The molecular weight excluding hydrogens is 498 g/mol. The van der Waals surface area contributed by atoms with Crippen LogP contribution in [-0.2, 0) is 95.9 Å². The standard InChI is InChI=1S/C14H10O4S2.C2H6.2Y/c1-7-19-11-9(1)13(15-3-4-16-13)14(17-5-6-18-14)10-2-8-20-12(10)11;1-2;;/h1-2H,3-6H2;1-2H3;;/q-2;;;. The molecule has 0 atom stereocenters. The van der Waals surface area contributed by atoms with Gasteiger partial charge in [-0.1, -0.05) is 13.8 Å². The van der Waals surface area contributed by atoms with Gasteiger partial charge in [0.15, 0.2) is 11.6 Å². The third kappa shape index (κ3) is 2.84. The van der Waals surface area contributed by atoms with Crippen LogP contribution in [0.3, 0.4) is 0 Å². The first-order valence-electron chi connectivity index (χ1n) is 7.44. The maximum atomic E-state index is 6.04. The van der Waals surface area contributed by atoms with E-state index in [1.54, 1.807) is 22.7 Å². The van der Waals surface area contributed by atoms with Gasteiger partial charge in [0.25, 0.3) is 0 Å². The van der Waals surface area contributed by atoms with Crippen LogP contribution in [0.4, 0.5) is 0 Å². The Bertz CT molecular complexity index is 615. The Morgan fingerprint density at radius 1 is 0.750 bits per heavy atom.